The second-order valence-electron chi connectivity index (χ2n) is 3.32. The lowest BCUT2D eigenvalue weighted by Gasteiger charge is -2.02. The van der Waals surface area contributed by atoms with Crippen LogP contribution >= 0.6 is 11.8 Å². The molecule has 0 amide bonds. The van der Waals surface area contributed by atoms with Crippen molar-refractivity contribution in [3.05, 3.63) is 29.8 Å². The Morgan fingerprint density at radius 2 is 2.00 bits per heavy atom. The van der Waals surface area contributed by atoms with Gasteiger partial charge in [0.25, 0.3) is 0 Å². The largest absolute Gasteiger partial charge is 0.497 e. The SMILES string of the molecule is COc1ccc(CCC(=O)CSC)cc1. The summed E-state index contributed by atoms with van der Waals surface area (Å²) in [7, 11) is 1.65. The van der Waals surface area contributed by atoms with Crippen LogP contribution in [0.15, 0.2) is 24.3 Å². The molecule has 0 aliphatic carbocycles. The molecule has 0 saturated carbocycles. The Morgan fingerprint density at radius 1 is 1.33 bits per heavy atom. The zero-order chi connectivity index (χ0) is 11.1. The number of carbonyl (C=O) groups is 1. The fourth-order valence-corrected chi connectivity index (χ4v) is 1.78. The van der Waals surface area contributed by atoms with Crippen molar-refractivity contribution in [2.24, 2.45) is 0 Å². The maximum Gasteiger partial charge on any atom is 0.143 e. The zero-order valence-electron chi connectivity index (χ0n) is 9.16. The topological polar surface area (TPSA) is 26.3 Å². The number of hydrogen-bond donors (Lipinski definition) is 0. The van der Waals surface area contributed by atoms with E-state index >= 15 is 0 Å². The fourth-order valence-electron chi connectivity index (χ4n) is 1.31. The van der Waals surface area contributed by atoms with Crippen LogP contribution in [0.4, 0.5) is 0 Å². The zero-order valence-corrected chi connectivity index (χ0v) is 9.97. The second-order valence-corrected chi connectivity index (χ2v) is 4.19. The van der Waals surface area contributed by atoms with E-state index in [4.69, 9.17) is 4.74 Å². The van der Waals surface area contributed by atoms with Crippen molar-refractivity contribution < 1.29 is 9.53 Å². The van der Waals surface area contributed by atoms with Crippen LogP contribution in [-0.4, -0.2) is 24.9 Å². The summed E-state index contributed by atoms with van der Waals surface area (Å²) >= 11 is 1.58. The number of Topliss-reactive ketones (excluding diaryl/α,β-unsaturated/α-hetero) is 1. The van der Waals surface area contributed by atoms with Crippen LogP contribution < -0.4 is 4.74 Å². The van der Waals surface area contributed by atoms with Crippen molar-refractivity contribution in [1.29, 1.82) is 0 Å². The van der Waals surface area contributed by atoms with Gasteiger partial charge in [0.1, 0.15) is 11.5 Å². The van der Waals surface area contributed by atoms with Gasteiger partial charge in [-0.05, 0) is 30.4 Å². The molecule has 1 aromatic rings. The van der Waals surface area contributed by atoms with E-state index in [0.717, 1.165) is 12.2 Å². The molecule has 0 radical (unpaired) electrons. The molecular formula is C12H16O2S. The molecule has 0 aromatic heterocycles. The van der Waals surface area contributed by atoms with Gasteiger partial charge in [0.2, 0.25) is 0 Å². The van der Waals surface area contributed by atoms with Gasteiger partial charge in [0.15, 0.2) is 0 Å². The molecule has 82 valence electrons. The Labute approximate surface area is 95.0 Å². The highest BCUT2D eigenvalue weighted by atomic mass is 32.2. The summed E-state index contributed by atoms with van der Waals surface area (Å²) in [6.45, 7) is 0. The summed E-state index contributed by atoms with van der Waals surface area (Å²) in [4.78, 5) is 11.3. The minimum Gasteiger partial charge on any atom is -0.497 e. The normalized spacial score (nSPS) is 10.0. The average molecular weight is 224 g/mol. The van der Waals surface area contributed by atoms with Gasteiger partial charge in [-0.25, -0.2) is 0 Å². The highest BCUT2D eigenvalue weighted by Gasteiger charge is 2.01. The van der Waals surface area contributed by atoms with Crippen molar-refractivity contribution >= 4 is 17.5 Å². The maximum absolute atomic E-state index is 11.3. The van der Waals surface area contributed by atoms with Crippen molar-refractivity contribution in [2.75, 3.05) is 19.1 Å². The number of ether oxygens (including phenoxy) is 1. The van der Waals surface area contributed by atoms with Crippen LogP contribution in [0.5, 0.6) is 5.75 Å². The monoisotopic (exact) mass is 224 g/mol. The lowest BCUT2D eigenvalue weighted by Crippen LogP contribution is -2.02. The number of aryl methyl sites for hydroxylation is 1. The first-order chi connectivity index (χ1) is 7.26. The van der Waals surface area contributed by atoms with E-state index in [-0.39, 0.29) is 0 Å². The first kappa shape index (κ1) is 12.1. The van der Waals surface area contributed by atoms with Gasteiger partial charge in [0.05, 0.1) is 12.9 Å². The van der Waals surface area contributed by atoms with E-state index < -0.39 is 0 Å². The minimum absolute atomic E-state index is 0.318. The molecule has 0 aliphatic rings. The Kier molecular flexibility index (Phi) is 5.26. The van der Waals surface area contributed by atoms with E-state index in [0.29, 0.717) is 18.0 Å². The summed E-state index contributed by atoms with van der Waals surface area (Å²) in [5.41, 5.74) is 1.19. The van der Waals surface area contributed by atoms with Crippen molar-refractivity contribution in [3.63, 3.8) is 0 Å². The highest BCUT2D eigenvalue weighted by molar-refractivity contribution is 7.99. The maximum atomic E-state index is 11.3. The number of methoxy groups -OCH3 is 1. The molecule has 15 heavy (non-hydrogen) atoms. The van der Waals surface area contributed by atoms with Crippen LogP contribution in [0.3, 0.4) is 0 Å². The van der Waals surface area contributed by atoms with Gasteiger partial charge in [-0.15, -0.1) is 0 Å². The summed E-state index contributed by atoms with van der Waals surface area (Å²) in [6, 6.07) is 7.86. The standard InChI is InChI=1S/C12H16O2S/c1-14-12-7-4-10(5-8-12)3-6-11(13)9-15-2/h4-5,7-8H,3,6,9H2,1-2H3. The van der Waals surface area contributed by atoms with Crippen molar-refractivity contribution in [1.82, 2.24) is 0 Å². The number of hydrogen-bond acceptors (Lipinski definition) is 3. The molecule has 1 aromatic carbocycles. The third-order valence-electron chi connectivity index (χ3n) is 2.16. The predicted molar refractivity (Wildman–Crippen MR) is 64.7 cm³/mol. The Balaban J connectivity index is 2.40. The smallest absolute Gasteiger partial charge is 0.143 e. The number of thioether (sulfide) groups is 1. The Hall–Kier alpha value is -0.960. The number of ketones is 1. The summed E-state index contributed by atoms with van der Waals surface area (Å²) < 4.78 is 5.06. The minimum atomic E-state index is 0.318. The lowest BCUT2D eigenvalue weighted by atomic mass is 10.1. The third-order valence-corrected chi connectivity index (χ3v) is 2.77. The third kappa shape index (κ3) is 4.38. The van der Waals surface area contributed by atoms with E-state index in [1.165, 1.54) is 5.56 Å². The van der Waals surface area contributed by atoms with Crippen LogP contribution in [-0.2, 0) is 11.2 Å². The van der Waals surface area contributed by atoms with Crippen LogP contribution in [0.25, 0.3) is 0 Å². The first-order valence-corrected chi connectivity index (χ1v) is 6.29. The number of benzene rings is 1. The molecule has 0 saturated heterocycles. The molecule has 1 rings (SSSR count). The van der Waals surface area contributed by atoms with Crippen molar-refractivity contribution in [2.45, 2.75) is 12.8 Å². The van der Waals surface area contributed by atoms with Gasteiger partial charge in [0, 0.05) is 6.42 Å². The highest BCUT2D eigenvalue weighted by Crippen LogP contribution is 2.12. The first-order valence-electron chi connectivity index (χ1n) is 4.90. The van der Waals surface area contributed by atoms with Crippen LogP contribution in [0.1, 0.15) is 12.0 Å². The molecule has 0 fully saturated rings. The quantitative estimate of drug-likeness (QED) is 0.743. The summed E-state index contributed by atoms with van der Waals surface area (Å²) in [6.07, 6.45) is 3.40. The Morgan fingerprint density at radius 3 is 2.53 bits per heavy atom. The van der Waals surface area contributed by atoms with Gasteiger partial charge in [-0.3, -0.25) is 4.79 Å². The molecular weight excluding hydrogens is 208 g/mol. The fraction of sp³-hybridized carbons (Fsp3) is 0.417. The van der Waals surface area contributed by atoms with Gasteiger partial charge < -0.3 is 4.74 Å². The van der Waals surface area contributed by atoms with Crippen LogP contribution in [0, 0.1) is 0 Å². The second kappa shape index (κ2) is 6.51. The number of carbonyl (C=O) groups excluding carboxylic acids is 1. The van der Waals surface area contributed by atoms with Crippen molar-refractivity contribution in [3.8, 4) is 5.75 Å². The lowest BCUT2D eigenvalue weighted by molar-refractivity contribution is -0.116. The van der Waals surface area contributed by atoms with E-state index in [1.807, 2.05) is 30.5 Å². The Bertz CT molecular complexity index is 306. The van der Waals surface area contributed by atoms with Gasteiger partial charge >= 0.3 is 0 Å². The van der Waals surface area contributed by atoms with E-state index in [2.05, 4.69) is 0 Å². The molecule has 0 atom stereocenters. The van der Waals surface area contributed by atoms with Gasteiger partial charge in [-0.2, -0.15) is 11.8 Å². The molecule has 0 bridgehead atoms. The molecule has 3 heteroatoms. The van der Waals surface area contributed by atoms with E-state index in [9.17, 15) is 4.79 Å². The molecule has 0 spiro atoms. The summed E-state index contributed by atoms with van der Waals surface area (Å²) in [5, 5.41) is 0. The van der Waals surface area contributed by atoms with Gasteiger partial charge in [-0.1, -0.05) is 12.1 Å². The summed E-state index contributed by atoms with van der Waals surface area (Å²) in [5.74, 6) is 1.79. The molecule has 2 nitrogen and oxygen atoms in total. The number of rotatable bonds is 6. The molecule has 0 N–H and O–H groups in total. The average Bonchev–Trinajstić information content (AvgIpc) is 2.27. The molecule has 0 heterocycles. The predicted octanol–water partition coefficient (Wildman–Crippen LogP) is 2.56. The van der Waals surface area contributed by atoms with E-state index in [1.54, 1.807) is 18.9 Å². The molecule has 0 aliphatic heterocycles. The molecule has 0 unspecified atom stereocenters. The van der Waals surface area contributed by atoms with Crippen LogP contribution in [0.2, 0.25) is 0 Å².